The van der Waals surface area contributed by atoms with Gasteiger partial charge >= 0.3 is 12.1 Å². The standard InChI is InChI=1S/C19H17F3N2O3/c1-3-27-17(25)18(19(20,21)22)15(14-6-4-5-11-23-14)16(24-18)12-7-9-13(26-2)10-8-12/h4-11,15H,3H2,1-2H3. The minimum atomic E-state index is -4.93. The number of pyridine rings is 1. The molecule has 8 heteroatoms. The SMILES string of the molecule is CCOC(=O)C1(C(F)(F)F)N=C(c2ccc(OC)cc2)C1c1ccccn1. The highest BCUT2D eigenvalue weighted by molar-refractivity contribution is 6.15. The summed E-state index contributed by atoms with van der Waals surface area (Å²) in [6.07, 6.45) is -3.55. The molecule has 1 aromatic heterocycles. The monoisotopic (exact) mass is 378 g/mol. The first-order valence-corrected chi connectivity index (χ1v) is 8.24. The van der Waals surface area contributed by atoms with Gasteiger partial charge in [0.05, 0.1) is 31.0 Å². The molecule has 2 atom stereocenters. The number of carbonyl (C=O) groups is 1. The van der Waals surface area contributed by atoms with Gasteiger partial charge < -0.3 is 9.47 Å². The van der Waals surface area contributed by atoms with E-state index in [1.54, 1.807) is 36.4 Å². The van der Waals surface area contributed by atoms with Crippen LogP contribution in [0.25, 0.3) is 0 Å². The van der Waals surface area contributed by atoms with Crippen LogP contribution in [0, 0.1) is 0 Å². The van der Waals surface area contributed by atoms with Crippen molar-refractivity contribution in [3.63, 3.8) is 0 Å². The summed E-state index contributed by atoms with van der Waals surface area (Å²) in [7, 11) is 1.49. The zero-order valence-corrected chi connectivity index (χ0v) is 14.7. The Balaban J connectivity index is 2.16. The van der Waals surface area contributed by atoms with Gasteiger partial charge in [0.2, 0.25) is 0 Å². The summed E-state index contributed by atoms with van der Waals surface area (Å²) in [4.78, 5) is 20.2. The summed E-state index contributed by atoms with van der Waals surface area (Å²) in [5, 5.41) is 0. The van der Waals surface area contributed by atoms with Crippen LogP contribution in [-0.2, 0) is 9.53 Å². The van der Waals surface area contributed by atoms with Crippen LogP contribution in [0.3, 0.4) is 0 Å². The first-order chi connectivity index (χ1) is 12.8. The molecule has 5 nitrogen and oxygen atoms in total. The van der Waals surface area contributed by atoms with Gasteiger partial charge in [-0.25, -0.2) is 4.79 Å². The molecule has 0 saturated carbocycles. The number of hydrogen-bond acceptors (Lipinski definition) is 5. The Morgan fingerprint density at radius 3 is 2.41 bits per heavy atom. The second-order valence-corrected chi connectivity index (χ2v) is 5.90. The van der Waals surface area contributed by atoms with Crippen LogP contribution in [0.4, 0.5) is 13.2 Å². The smallest absolute Gasteiger partial charge is 0.425 e. The third kappa shape index (κ3) is 3.05. The van der Waals surface area contributed by atoms with E-state index in [9.17, 15) is 18.0 Å². The predicted molar refractivity (Wildman–Crippen MR) is 91.9 cm³/mol. The van der Waals surface area contributed by atoms with Gasteiger partial charge in [0.25, 0.3) is 5.54 Å². The van der Waals surface area contributed by atoms with Gasteiger partial charge in [-0.1, -0.05) is 6.07 Å². The van der Waals surface area contributed by atoms with E-state index in [1.165, 1.54) is 26.3 Å². The molecular weight excluding hydrogens is 361 g/mol. The van der Waals surface area contributed by atoms with Crippen molar-refractivity contribution >= 4 is 11.7 Å². The first-order valence-electron chi connectivity index (χ1n) is 8.24. The highest BCUT2D eigenvalue weighted by atomic mass is 19.4. The van der Waals surface area contributed by atoms with E-state index in [4.69, 9.17) is 9.47 Å². The lowest BCUT2D eigenvalue weighted by Gasteiger charge is -2.44. The Bertz CT molecular complexity index is 851. The molecule has 27 heavy (non-hydrogen) atoms. The molecule has 1 aromatic carbocycles. The van der Waals surface area contributed by atoms with E-state index >= 15 is 0 Å². The van der Waals surface area contributed by atoms with Crippen LogP contribution in [0.1, 0.15) is 24.1 Å². The molecule has 0 N–H and O–H groups in total. The third-order valence-corrected chi connectivity index (χ3v) is 4.38. The van der Waals surface area contributed by atoms with Crippen molar-refractivity contribution < 1.29 is 27.4 Å². The number of esters is 1. The normalized spacial score (nSPS) is 21.8. The maximum Gasteiger partial charge on any atom is 0.425 e. The summed E-state index contributed by atoms with van der Waals surface area (Å²) in [5.41, 5.74) is -2.33. The second kappa shape index (κ2) is 7.02. The van der Waals surface area contributed by atoms with Gasteiger partial charge in [0, 0.05) is 6.20 Å². The molecule has 2 aromatic rings. The average molecular weight is 378 g/mol. The number of methoxy groups -OCH3 is 1. The molecule has 2 heterocycles. The Hall–Kier alpha value is -2.90. The molecule has 1 aliphatic rings. The predicted octanol–water partition coefficient (Wildman–Crippen LogP) is 3.54. The summed E-state index contributed by atoms with van der Waals surface area (Å²) in [6.45, 7) is 1.27. The van der Waals surface area contributed by atoms with Crippen LogP contribution < -0.4 is 4.74 Å². The fourth-order valence-electron chi connectivity index (χ4n) is 3.09. The maximum atomic E-state index is 14.0. The Morgan fingerprint density at radius 2 is 1.89 bits per heavy atom. The van der Waals surface area contributed by atoms with Gasteiger partial charge in [-0.05, 0) is 48.9 Å². The number of carbonyl (C=O) groups excluding carboxylic acids is 1. The molecular formula is C19H17F3N2O3. The summed E-state index contributed by atoms with van der Waals surface area (Å²) < 4.78 is 51.9. The van der Waals surface area contributed by atoms with Gasteiger partial charge in [-0.15, -0.1) is 0 Å². The van der Waals surface area contributed by atoms with Crippen LogP contribution >= 0.6 is 0 Å². The molecule has 0 amide bonds. The molecule has 0 fully saturated rings. The Morgan fingerprint density at radius 1 is 1.19 bits per heavy atom. The maximum absolute atomic E-state index is 14.0. The lowest BCUT2D eigenvalue weighted by atomic mass is 9.70. The number of alkyl halides is 3. The molecule has 0 saturated heterocycles. The van der Waals surface area contributed by atoms with Gasteiger partial charge in [0.1, 0.15) is 5.75 Å². The fourth-order valence-corrected chi connectivity index (χ4v) is 3.09. The van der Waals surface area contributed by atoms with Crippen LogP contribution in [0.2, 0.25) is 0 Å². The number of aromatic nitrogens is 1. The molecule has 0 aliphatic carbocycles. The number of benzene rings is 1. The van der Waals surface area contributed by atoms with Crippen molar-refractivity contribution in [3.8, 4) is 5.75 Å². The lowest BCUT2D eigenvalue weighted by Crippen LogP contribution is -2.64. The van der Waals surface area contributed by atoms with Crippen molar-refractivity contribution in [3.05, 3.63) is 59.9 Å². The number of aliphatic imine (C=N–C) groups is 1. The van der Waals surface area contributed by atoms with E-state index in [0.29, 0.717) is 11.3 Å². The Kier molecular flexibility index (Phi) is 4.91. The zero-order valence-electron chi connectivity index (χ0n) is 14.7. The van der Waals surface area contributed by atoms with Gasteiger partial charge in [-0.3, -0.25) is 9.98 Å². The number of nitrogens with zero attached hydrogens (tertiary/aromatic N) is 2. The summed E-state index contributed by atoms with van der Waals surface area (Å²) in [5.74, 6) is -2.27. The topological polar surface area (TPSA) is 60.8 Å². The largest absolute Gasteiger partial charge is 0.497 e. The molecule has 2 unspecified atom stereocenters. The van der Waals surface area contributed by atoms with Crippen molar-refractivity contribution in [2.24, 2.45) is 4.99 Å². The average Bonchev–Trinajstić information content (AvgIpc) is 2.62. The molecule has 0 radical (unpaired) electrons. The van der Waals surface area contributed by atoms with E-state index in [1.807, 2.05) is 0 Å². The van der Waals surface area contributed by atoms with Gasteiger partial charge in [-0.2, -0.15) is 13.2 Å². The number of halogens is 3. The molecule has 142 valence electrons. The molecule has 3 rings (SSSR count). The highest BCUT2D eigenvalue weighted by Gasteiger charge is 2.73. The fraction of sp³-hybridized carbons (Fsp3) is 0.316. The van der Waals surface area contributed by atoms with Crippen molar-refractivity contribution in [1.29, 1.82) is 0 Å². The lowest BCUT2D eigenvalue weighted by molar-refractivity contribution is -0.210. The van der Waals surface area contributed by atoms with E-state index in [2.05, 4.69) is 9.98 Å². The quantitative estimate of drug-likeness (QED) is 0.747. The molecule has 0 bridgehead atoms. The minimum Gasteiger partial charge on any atom is -0.497 e. The van der Waals surface area contributed by atoms with Gasteiger partial charge in [0.15, 0.2) is 0 Å². The van der Waals surface area contributed by atoms with Crippen molar-refractivity contribution in [2.45, 2.75) is 24.6 Å². The van der Waals surface area contributed by atoms with Crippen LogP contribution in [0.5, 0.6) is 5.75 Å². The highest BCUT2D eigenvalue weighted by Crippen LogP contribution is 2.53. The summed E-state index contributed by atoms with van der Waals surface area (Å²) in [6, 6.07) is 11.0. The van der Waals surface area contributed by atoms with Crippen LogP contribution in [0.15, 0.2) is 53.7 Å². The Labute approximate surface area is 153 Å². The minimum absolute atomic E-state index is 0.101. The van der Waals surface area contributed by atoms with Crippen LogP contribution in [-0.4, -0.2) is 42.1 Å². The van der Waals surface area contributed by atoms with Crippen molar-refractivity contribution in [2.75, 3.05) is 13.7 Å². The number of ether oxygens (including phenoxy) is 2. The zero-order chi connectivity index (χ0) is 19.7. The third-order valence-electron chi connectivity index (χ3n) is 4.38. The number of rotatable bonds is 5. The van der Waals surface area contributed by atoms with E-state index < -0.39 is 23.6 Å². The second-order valence-electron chi connectivity index (χ2n) is 5.90. The van der Waals surface area contributed by atoms with E-state index in [0.717, 1.165) is 0 Å². The molecule has 1 aliphatic heterocycles. The number of hydrogen-bond donors (Lipinski definition) is 0. The van der Waals surface area contributed by atoms with Crippen molar-refractivity contribution in [1.82, 2.24) is 4.98 Å². The summed E-state index contributed by atoms with van der Waals surface area (Å²) >= 11 is 0. The van der Waals surface area contributed by atoms with E-state index in [-0.39, 0.29) is 18.0 Å². The molecule has 0 spiro atoms. The first kappa shape index (κ1) is 18.9.